The second-order valence-corrected chi connectivity index (χ2v) is 6.66. The SMILES string of the molecule is c1cc2c(s1)CCCC2NCC1CCCCC1. The third kappa shape index (κ3) is 2.74. The van der Waals surface area contributed by atoms with Crippen LogP contribution in [0.5, 0.6) is 0 Å². The molecule has 2 aliphatic rings. The monoisotopic (exact) mass is 249 g/mol. The van der Waals surface area contributed by atoms with Gasteiger partial charge < -0.3 is 5.32 Å². The van der Waals surface area contributed by atoms with Crippen molar-refractivity contribution >= 4 is 11.3 Å². The lowest BCUT2D eigenvalue weighted by atomic mass is 9.88. The molecule has 1 aromatic heterocycles. The van der Waals surface area contributed by atoms with Gasteiger partial charge in [-0.05, 0) is 61.6 Å². The molecule has 1 nitrogen and oxygen atoms in total. The molecular weight excluding hydrogens is 226 g/mol. The molecule has 1 aromatic rings. The summed E-state index contributed by atoms with van der Waals surface area (Å²) in [5.41, 5.74) is 1.61. The van der Waals surface area contributed by atoms with E-state index in [-0.39, 0.29) is 0 Å². The fraction of sp³-hybridized carbons (Fsp3) is 0.733. The molecule has 1 unspecified atom stereocenters. The summed E-state index contributed by atoms with van der Waals surface area (Å²) in [6, 6.07) is 3.00. The fourth-order valence-corrected chi connectivity index (χ4v) is 4.39. The molecule has 0 aromatic carbocycles. The van der Waals surface area contributed by atoms with E-state index in [2.05, 4.69) is 16.8 Å². The Kier molecular flexibility index (Phi) is 3.82. The minimum absolute atomic E-state index is 0.659. The topological polar surface area (TPSA) is 12.0 Å². The van der Waals surface area contributed by atoms with Crippen LogP contribution in [0, 0.1) is 5.92 Å². The number of thiophene rings is 1. The summed E-state index contributed by atoms with van der Waals surface area (Å²) >= 11 is 1.95. The van der Waals surface area contributed by atoms with E-state index in [4.69, 9.17) is 0 Å². The Morgan fingerprint density at radius 3 is 2.88 bits per heavy atom. The molecular formula is C15H23NS. The zero-order valence-corrected chi connectivity index (χ0v) is 11.4. The number of hydrogen-bond donors (Lipinski definition) is 1. The Morgan fingerprint density at radius 2 is 2.00 bits per heavy atom. The van der Waals surface area contributed by atoms with Crippen LogP contribution in [0.15, 0.2) is 11.4 Å². The summed E-state index contributed by atoms with van der Waals surface area (Å²) in [5, 5.41) is 6.11. The van der Waals surface area contributed by atoms with Gasteiger partial charge in [0.15, 0.2) is 0 Å². The molecule has 2 heteroatoms. The molecule has 0 amide bonds. The molecule has 94 valence electrons. The maximum absolute atomic E-state index is 3.84. The zero-order valence-electron chi connectivity index (χ0n) is 10.6. The lowest BCUT2D eigenvalue weighted by Crippen LogP contribution is -2.30. The van der Waals surface area contributed by atoms with Gasteiger partial charge in [0.25, 0.3) is 0 Å². The van der Waals surface area contributed by atoms with Gasteiger partial charge >= 0.3 is 0 Å². The molecule has 0 aliphatic heterocycles. The van der Waals surface area contributed by atoms with Crippen LogP contribution >= 0.6 is 11.3 Å². The average Bonchev–Trinajstić information content (AvgIpc) is 2.86. The molecule has 1 atom stereocenters. The highest BCUT2D eigenvalue weighted by Gasteiger charge is 2.22. The van der Waals surface area contributed by atoms with Crippen molar-refractivity contribution in [3.63, 3.8) is 0 Å². The van der Waals surface area contributed by atoms with Crippen molar-refractivity contribution in [3.8, 4) is 0 Å². The van der Waals surface area contributed by atoms with Gasteiger partial charge in [0.2, 0.25) is 0 Å². The first-order valence-corrected chi connectivity index (χ1v) is 8.11. The van der Waals surface area contributed by atoms with Gasteiger partial charge in [-0.2, -0.15) is 0 Å². The quantitative estimate of drug-likeness (QED) is 0.842. The molecule has 2 aliphatic carbocycles. The van der Waals surface area contributed by atoms with E-state index in [1.807, 2.05) is 11.3 Å². The summed E-state index contributed by atoms with van der Waals surface area (Å²) in [7, 11) is 0. The van der Waals surface area contributed by atoms with Crippen LogP contribution in [-0.4, -0.2) is 6.54 Å². The maximum atomic E-state index is 3.84. The highest BCUT2D eigenvalue weighted by molar-refractivity contribution is 7.10. The van der Waals surface area contributed by atoms with Crippen LogP contribution in [0.1, 0.15) is 61.4 Å². The van der Waals surface area contributed by atoms with Crippen molar-refractivity contribution in [1.82, 2.24) is 5.32 Å². The van der Waals surface area contributed by atoms with Gasteiger partial charge in [-0.3, -0.25) is 0 Å². The summed E-state index contributed by atoms with van der Waals surface area (Å²) in [6.45, 7) is 1.25. The predicted octanol–water partition coefficient (Wildman–Crippen LogP) is 4.30. The molecule has 17 heavy (non-hydrogen) atoms. The summed E-state index contributed by atoms with van der Waals surface area (Å²) in [6.07, 6.45) is 11.3. The van der Waals surface area contributed by atoms with Crippen LogP contribution in [0.3, 0.4) is 0 Å². The largest absolute Gasteiger partial charge is 0.310 e. The van der Waals surface area contributed by atoms with Gasteiger partial charge in [0.05, 0.1) is 0 Å². The first-order chi connectivity index (χ1) is 8.43. The Morgan fingerprint density at radius 1 is 1.12 bits per heavy atom. The normalized spacial score (nSPS) is 25.8. The van der Waals surface area contributed by atoms with Crippen molar-refractivity contribution in [3.05, 3.63) is 21.9 Å². The molecule has 3 rings (SSSR count). The summed E-state index contributed by atoms with van der Waals surface area (Å²) < 4.78 is 0. The van der Waals surface area contributed by atoms with Gasteiger partial charge in [0.1, 0.15) is 0 Å². The van der Waals surface area contributed by atoms with E-state index in [1.54, 1.807) is 10.4 Å². The van der Waals surface area contributed by atoms with E-state index < -0.39 is 0 Å². The Bertz CT molecular complexity index is 352. The smallest absolute Gasteiger partial charge is 0.0331 e. The van der Waals surface area contributed by atoms with E-state index in [0.29, 0.717) is 6.04 Å². The first kappa shape index (κ1) is 11.7. The highest BCUT2D eigenvalue weighted by atomic mass is 32.1. The van der Waals surface area contributed by atoms with Crippen molar-refractivity contribution in [2.24, 2.45) is 5.92 Å². The van der Waals surface area contributed by atoms with E-state index in [0.717, 1.165) is 5.92 Å². The minimum Gasteiger partial charge on any atom is -0.310 e. The number of rotatable bonds is 3. The second kappa shape index (κ2) is 5.53. The fourth-order valence-electron chi connectivity index (χ4n) is 3.40. The minimum atomic E-state index is 0.659. The highest BCUT2D eigenvalue weighted by Crippen LogP contribution is 2.33. The molecule has 1 fully saturated rings. The van der Waals surface area contributed by atoms with Gasteiger partial charge in [-0.15, -0.1) is 11.3 Å². The molecule has 0 radical (unpaired) electrons. The van der Waals surface area contributed by atoms with Crippen molar-refractivity contribution in [2.75, 3.05) is 6.54 Å². The number of nitrogens with one attached hydrogen (secondary N) is 1. The van der Waals surface area contributed by atoms with Crippen molar-refractivity contribution in [1.29, 1.82) is 0 Å². The Labute approximate surface area is 109 Å². The van der Waals surface area contributed by atoms with Crippen LogP contribution in [-0.2, 0) is 6.42 Å². The molecule has 1 heterocycles. The van der Waals surface area contributed by atoms with Crippen LogP contribution in [0.4, 0.5) is 0 Å². The molecule has 0 spiro atoms. The first-order valence-electron chi connectivity index (χ1n) is 7.23. The van der Waals surface area contributed by atoms with Gasteiger partial charge in [-0.1, -0.05) is 19.3 Å². The molecule has 0 bridgehead atoms. The van der Waals surface area contributed by atoms with Gasteiger partial charge in [-0.25, -0.2) is 0 Å². The lowest BCUT2D eigenvalue weighted by molar-refractivity contribution is 0.320. The number of aryl methyl sites for hydroxylation is 1. The number of fused-ring (bicyclic) bond motifs is 1. The van der Waals surface area contributed by atoms with Crippen LogP contribution in [0.2, 0.25) is 0 Å². The summed E-state index contributed by atoms with van der Waals surface area (Å²) in [5.74, 6) is 0.952. The third-order valence-corrected chi connectivity index (χ3v) is 5.43. The standard InChI is InChI=1S/C15H23NS/c1-2-5-12(6-3-1)11-16-14-7-4-8-15-13(14)9-10-17-15/h9-10,12,14,16H,1-8,11H2. The molecule has 1 N–H and O–H groups in total. The van der Waals surface area contributed by atoms with Gasteiger partial charge in [0, 0.05) is 10.9 Å². The average molecular weight is 249 g/mol. The molecule has 0 saturated heterocycles. The van der Waals surface area contributed by atoms with E-state index >= 15 is 0 Å². The second-order valence-electron chi connectivity index (χ2n) is 5.66. The predicted molar refractivity (Wildman–Crippen MR) is 74.6 cm³/mol. The molecule has 1 saturated carbocycles. The van der Waals surface area contributed by atoms with E-state index in [1.165, 1.54) is 57.9 Å². The number of hydrogen-bond acceptors (Lipinski definition) is 2. The zero-order chi connectivity index (χ0) is 11.5. The van der Waals surface area contributed by atoms with Crippen molar-refractivity contribution < 1.29 is 0 Å². The maximum Gasteiger partial charge on any atom is 0.0331 e. The third-order valence-electron chi connectivity index (χ3n) is 4.43. The van der Waals surface area contributed by atoms with Crippen LogP contribution in [0.25, 0.3) is 0 Å². The summed E-state index contributed by atoms with van der Waals surface area (Å²) in [4.78, 5) is 1.64. The Hall–Kier alpha value is -0.340. The van der Waals surface area contributed by atoms with Crippen molar-refractivity contribution in [2.45, 2.75) is 57.4 Å². The Balaban J connectivity index is 1.56. The lowest BCUT2D eigenvalue weighted by Gasteiger charge is -2.28. The van der Waals surface area contributed by atoms with E-state index in [9.17, 15) is 0 Å². The van der Waals surface area contributed by atoms with Crippen LogP contribution < -0.4 is 5.32 Å².